The van der Waals surface area contributed by atoms with Crippen LogP contribution in [0.25, 0.3) is 0 Å². The van der Waals surface area contributed by atoms with E-state index in [1.165, 1.54) is 6.92 Å². The lowest BCUT2D eigenvalue weighted by molar-refractivity contribution is -0.118. The minimum atomic E-state index is -0.00925. The van der Waals surface area contributed by atoms with E-state index in [2.05, 4.69) is 17.6 Å². The van der Waals surface area contributed by atoms with Crippen molar-refractivity contribution in [2.75, 3.05) is 20.2 Å². The van der Waals surface area contributed by atoms with Gasteiger partial charge in [0.25, 0.3) is 0 Å². The van der Waals surface area contributed by atoms with Crippen LogP contribution in [-0.2, 0) is 11.3 Å². The van der Waals surface area contributed by atoms with Crippen LogP contribution in [-0.4, -0.2) is 32.2 Å². The summed E-state index contributed by atoms with van der Waals surface area (Å²) >= 11 is 0. The highest BCUT2D eigenvalue weighted by Gasteiger charge is 2.08. The molecule has 1 amide bonds. The Bertz CT molecular complexity index is 449. The van der Waals surface area contributed by atoms with E-state index in [-0.39, 0.29) is 12.0 Å². The third-order valence-corrected chi connectivity index (χ3v) is 3.14. The number of methoxy groups -OCH3 is 1. The Morgan fingerprint density at radius 3 is 2.67 bits per heavy atom. The Morgan fingerprint density at radius 1 is 1.29 bits per heavy atom. The number of hydrogen-bond donors (Lipinski definition) is 2. The zero-order chi connectivity index (χ0) is 15.7. The van der Waals surface area contributed by atoms with Crippen molar-refractivity contribution in [2.24, 2.45) is 0 Å². The molecule has 0 aromatic heterocycles. The molecule has 118 valence electrons. The second-order valence-corrected chi connectivity index (χ2v) is 4.98. The highest BCUT2D eigenvalue weighted by atomic mass is 16.5. The monoisotopic (exact) mass is 294 g/mol. The topological polar surface area (TPSA) is 59.6 Å². The van der Waals surface area contributed by atoms with Gasteiger partial charge in [-0.25, -0.2) is 0 Å². The molecule has 1 aromatic carbocycles. The summed E-state index contributed by atoms with van der Waals surface area (Å²) in [5.74, 6) is 1.51. The van der Waals surface area contributed by atoms with Gasteiger partial charge in [0.1, 0.15) is 0 Å². The van der Waals surface area contributed by atoms with Crippen LogP contribution < -0.4 is 20.1 Å². The van der Waals surface area contributed by atoms with Crippen LogP contribution in [0.1, 0.15) is 32.8 Å². The van der Waals surface area contributed by atoms with Crippen LogP contribution in [0.5, 0.6) is 11.5 Å². The molecule has 0 unspecified atom stereocenters. The minimum absolute atomic E-state index is 0.00925. The zero-order valence-electron chi connectivity index (χ0n) is 13.4. The summed E-state index contributed by atoms with van der Waals surface area (Å²) in [5, 5.41) is 6.01. The van der Waals surface area contributed by atoms with Crippen LogP contribution in [0.4, 0.5) is 0 Å². The summed E-state index contributed by atoms with van der Waals surface area (Å²) < 4.78 is 11.2. The van der Waals surface area contributed by atoms with Crippen molar-refractivity contribution >= 4 is 5.91 Å². The number of benzene rings is 1. The number of rotatable bonds is 9. The second-order valence-electron chi connectivity index (χ2n) is 4.98. The van der Waals surface area contributed by atoms with Gasteiger partial charge >= 0.3 is 0 Å². The molecule has 0 saturated carbocycles. The maximum absolute atomic E-state index is 10.7. The minimum Gasteiger partial charge on any atom is -0.493 e. The van der Waals surface area contributed by atoms with Gasteiger partial charge in [-0.1, -0.05) is 13.0 Å². The van der Waals surface area contributed by atoms with Gasteiger partial charge in [0.15, 0.2) is 11.5 Å². The van der Waals surface area contributed by atoms with E-state index in [0.717, 1.165) is 36.6 Å². The first-order valence-electron chi connectivity index (χ1n) is 7.35. The van der Waals surface area contributed by atoms with Gasteiger partial charge in [-0.05, 0) is 31.0 Å². The third kappa shape index (κ3) is 6.49. The highest BCUT2D eigenvalue weighted by Crippen LogP contribution is 2.29. The van der Waals surface area contributed by atoms with Crippen LogP contribution >= 0.6 is 0 Å². The maximum atomic E-state index is 10.7. The first-order valence-corrected chi connectivity index (χ1v) is 7.35. The molecule has 5 heteroatoms. The van der Waals surface area contributed by atoms with Gasteiger partial charge in [-0.3, -0.25) is 4.79 Å². The molecule has 1 rings (SSSR count). The Kier molecular flexibility index (Phi) is 7.61. The number of hydrogen-bond acceptors (Lipinski definition) is 4. The first-order chi connectivity index (χ1) is 10.1. The van der Waals surface area contributed by atoms with Gasteiger partial charge in [0.05, 0.1) is 13.2 Å². The first kappa shape index (κ1) is 17.3. The Balaban J connectivity index is 2.51. The molecular weight excluding hydrogens is 268 g/mol. The summed E-state index contributed by atoms with van der Waals surface area (Å²) in [6.07, 6.45) is 1.12. The van der Waals surface area contributed by atoms with E-state index in [4.69, 9.17) is 9.47 Å². The van der Waals surface area contributed by atoms with Crippen molar-refractivity contribution in [3.05, 3.63) is 23.8 Å². The molecule has 0 saturated heterocycles. The third-order valence-electron chi connectivity index (χ3n) is 3.14. The number of nitrogens with one attached hydrogen (secondary N) is 2. The molecule has 0 bridgehead atoms. The average molecular weight is 294 g/mol. The molecule has 2 N–H and O–H groups in total. The quantitative estimate of drug-likeness (QED) is 0.685. The zero-order valence-corrected chi connectivity index (χ0v) is 13.4. The predicted octanol–water partition coefficient (Wildman–Crippen LogP) is 2.10. The summed E-state index contributed by atoms with van der Waals surface area (Å²) in [4.78, 5) is 10.7. The lowest BCUT2D eigenvalue weighted by Gasteiger charge is -2.16. The Hall–Kier alpha value is -1.75. The molecule has 1 aromatic rings. The molecule has 0 aliphatic carbocycles. The summed E-state index contributed by atoms with van der Waals surface area (Å²) in [6.45, 7) is 7.72. The van der Waals surface area contributed by atoms with E-state index >= 15 is 0 Å². The molecule has 0 heterocycles. The standard InChI is InChI=1S/C16H26N2O3/c1-5-12(2)21-15-7-6-14(10-16(15)20-4)11-17-8-9-18-13(3)19/h6-7,10,12,17H,5,8-9,11H2,1-4H3,(H,18,19)/t12-/m1/s1. The fourth-order valence-electron chi connectivity index (χ4n) is 1.78. The van der Waals surface area contributed by atoms with Gasteiger partial charge in [-0.2, -0.15) is 0 Å². The van der Waals surface area contributed by atoms with E-state index in [9.17, 15) is 4.79 Å². The van der Waals surface area contributed by atoms with Crippen molar-refractivity contribution in [3.8, 4) is 11.5 Å². The van der Waals surface area contributed by atoms with E-state index in [1.54, 1.807) is 7.11 Å². The SMILES string of the molecule is CC[C@@H](C)Oc1ccc(CNCCNC(C)=O)cc1OC. The van der Waals surface area contributed by atoms with Crippen molar-refractivity contribution < 1.29 is 14.3 Å². The fourth-order valence-corrected chi connectivity index (χ4v) is 1.78. The lowest BCUT2D eigenvalue weighted by Crippen LogP contribution is -2.29. The molecule has 0 aliphatic heterocycles. The predicted molar refractivity (Wildman–Crippen MR) is 83.8 cm³/mol. The van der Waals surface area contributed by atoms with Gasteiger partial charge in [0.2, 0.25) is 5.91 Å². The average Bonchev–Trinajstić information content (AvgIpc) is 2.47. The van der Waals surface area contributed by atoms with Gasteiger partial charge in [0, 0.05) is 26.6 Å². The van der Waals surface area contributed by atoms with Crippen LogP contribution in [0.2, 0.25) is 0 Å². The van der Waals surface area contributed by atoms with Crippen LogP contribution in [0.3, 0.4) is 0 Å². The molecule has 0 aliphatic rings. The Morgan fingerprint density at radius 2 is 2.05 bits per heavy atom. The maximum Gasteiger partial charge on any atom is 0.216 e. The van der Waals surface area contributed by atoms with Crippen molar-refractivity contribution in [1.82, 2.24) is 10.6 Å². The molecule has 0 spiro atoms. The summed E-state index contributed by atoms with van der Waals surface area (Å²) in [5.41, 5.74) is 1.12. The molecule has 1 atom stereocenters. The van der Waals surface area contributed by atoms with Crippen molar-refractivity contribution in [2.45, 2.75) is 39.8 Å². The molecular formula is C16H26N2O3. The number of carbonyl (C=O) groups is 1. The Labute approximate surface area is 127 Å². The smallest absolute Gasteiger partial charge is 0.216 e. The van der Waals surface area contributed by atoms with Crippen molar-refractivity contribution in [1.29, 1.82) is 0 Å². The fraction of sp³-hybridized carbons (Fsp3) is 0.562. The number of carbonyl (C=O) groups excluding carboxylic acids is 1. The van der Waals surface area contributed by atoms with E-state index < -0.39 is 0 Å². The normalized spacial score (nSPS) is 11.8. The van der Waals surface area contributed by atoms with Gasteiger partial charge < -0.3 is 20.1 Å². The number of amides is 1. The molecule has 0 radical (unpaired) electrons. The largest absolute Gasteiger partial charge is 0.493 e. The van der Waals surface area contributed by atoms with Crippen LogP contribution in [0.15, 0.2) is 18.2 Å². The molecule has 5 nitrogen and oxygen atoms in total. The summed E-state index contributed by atoms with van der Waals surface area (Å²) in [7, 11) is 1.65. The van der Waals surface area contributed by atoms with Gasteiger partial charge in [-0.15, -0.1) is 0 Å². The van der Waals surface area contributed by atoms with E-state index in [1.807, 2.05) is 25.1 Å². The molecule has 0 fully saturated rings. The van der Waals surface area contributed by atoms with E-state index in [0.29, 0.717) is 6.54 Å². The second kappa shape index (κ2) is 9.23. The number of ether oxygens (including phenoxy) is 2. The van der Waals surface area contributed by atoms with Crippen LogP contribution in [0, 0.1) is 0 Å². The summed E-state index contributed by atoms with van der Waals surface area (Å²) in [6, 6.07) is 5.94. The molecule has 21 heavy (non-hydrogen) atoms. The highest BCUT2D eigenvalue weighted by molar-refractivity contribution is 5.72. The van der Waals surface area contributed by atoms with Crippen molar-refractivity contribution in [3.63, 3.8) is 0 Å². The lowest BCUT2D eigenvalue weighted by atomic mass is 10.2.